The van der Waals surface area contributed by atoms with Crippen molar-refractivity contribution in [1.29, 1.82) is 0 Å². The molecule has 1 aromatic rings. The van der Waals surface area contributed by atoms with Crippen LogP contribution in [-0.4, -0.2) is 24.4 Å². The minimum absolute atomic E-state index is 0.0882. The van der Waals surface area contributed by atoms with Crippen molar-refractivity contribution in [2.24, 2.45) is 5.90 Å². The van der Waals surface area contributed by atoms with Gasteiger partial charge in [-0.1, -0.05) is 6.07 Å². The van der Waals surface area contributed by atoms with Gasteiger partial charge in [0.2, 0.25) is 0 Å². The monoisotopic (exact) mass is 223 g/mol. The number of rotatable bonds is 5. The second kappa shape index (κ2) is 5.30. The maximum Gasteiger partial charge on any atom is 0.119 e. The molecule has 0 amide bonds. The molecule has 0 aromatic heterocycles. The molecule has 4 nitrogen and oxygen atoms in total. The molecule has 0 heterocycles. The Bertz CT molecular complexity index is 354. The highest BCUT2D eigenvalue weighted by molar-refractivity contribution is 5.38. The first-order valence-electron chi connectivity index (χ1n) is 5.54. The lowest BCUT2D eigenvalue weighted by atomic mass is 10.1. The van der Waals surface area contributed by atoms with Crippen LogP contribution in [0, 0.1) is 0 Å². The lowest BCUT2D eigenvalue weighted by molar-refractivity contribution is 0.0116. The van der Waals surface area contributed by atoms with E-state index in [4.69, 9.17) is 10.6 Å². The van der Waals surface area contributed by atoms with E-state index < -0.39 is 6.10 Å². The number of aryl methyl sites for hydroxylation is 2. The predicted molar refractivity (Wildman–Crippen MR) is 60.1 cm³/mol. The average molecular weight is 223 g/mol. The molecule has 0 saturated heterocycles. The maximum absolute atomic E-state index is 9.37. The Morgan fingerprint density at radius 1 is 1.25 bits per heavy atom. The van der Waals surface area contributed by atoms with Gasteiger partial charge in [-0.05, 0) is 42.5 Å². The van der Waals surface area contributed by atoms with Crippen LogP contribution in [0.2, 0.25) is 0 Å². The van der Waals surface area contributed by atoms with Crippen LogP contribution in [0.1, 0.15) is 17.5 Å². The average Bonchev–Trinajstić information content (AvgIpc) is 2.74. The summed E-state index contributed by atoms with van der Waals surface area (Å²) in [5, 5.41) is 9.37. The van der Waals surface area contributed by atoms with E-state index >= 15 is 0 Å². The zero-order valence-electron chi connectivity index (χ0n) is 9.19. The molecular formula is C12H17NO3. The number of aliphatic hydroxyl groups excluding tert-OH is 1. The Hall–Kier alpha value is -1.10. The van der Waals surface area contributed by atoms with Gasteiger partial charge in [-0.15, -0.1) is 0 Å². The minimum Gasteiger partial charge on any atom is -0.491 e. The lowest BCUT2D eigenvalue weighted by Crippen LogP contribution is -2.25. The van der Waals surface area contributed by atoms with E-state index in [1.165, 1.54) is 24.0 Å². The molecule has 0 fully saturated rings. The molecule has 1 aliphatic rings. The first kappa shape index (κ1) is 11.4. The molecular weight excluding hydrogens is 206 g/mol. The van der Waals surface area contributed by atoms with E-state index in [1.807, 2.05) is 6.07 Å². The summed E-state index contributed by atoms with van der Waals surface area (Å²) in [6.07, 6.45) is 2.83. The van der Waals surface area contributed by atoms with Crippen molar-refractivity contribution in [3.8, 4) is 5.75 Å². The van der Waals surface area contributed by atoms with Crippen LogP contribution in [0.3, 0.4) is 0 Å². The van der Waals surface area contributed by atoms with Gasteiger partial charge in [-0.3, -0.25) is 0 Å². The Morgan fingerprint density at radius 3 is 2.88 bits per heavy atom. The van der Waals surface area contributed by atoms with Crippen LogP contribution in [0.25, 0.3) is 0 Å². The lowest BCUT2D eigenvalue weighted by Gasteiger charge is -2.11. The summed E-state index contributed by atoms with van der Waals surface area (Å²) in [6.45, 7) is 0.293. The zero-order chi connectivity index (χ0) is 11.4. The topological polar surface area (TPSA) is 64.7 Å². The number of benzene rings is 1. The number of hydrogen-bond donors (Lipinski definition) is 2. The van der Waals surface area contributed by atoms with Gasteiger partial charge < -0.3 is 14.7 Å². The summed E-state index contributed by atoms with van der Waals surface area (Å²) < 4.78 is 5.46. The standard InChI is InChI=1S/C12H17NO3/c13-16-8-11(14)7-15-12-5-4-9-2-1-3-10(9)6-12/h4-6,11,14H,1-3,7-8,13H2. The van der Waals surface area contributed by atoms with Gasteiger partial charge in [0, 0.05) is 0 Å². The third-order valence-electron chi connectivity index (χ3n) is 2.80. The van der Waals surface area contributed by atoms with Crippen molar-refractivity contribution in [1.82, 2.24) is 0 Å². The maximum atomic E-state index is 9.37. The van der Waals surface area contributed by atoms with Gasteiger partial charge in [-0.25, -0.2) is 5.90 Å². The highest BCUT2D eigenvalue weighted by Gasteiger charge is 2.12. The first-order valence-corrected chi connectivity index (χ1v) is 5.54. The molecule has 0 saturated carbocycles. The normalized spacial score (nSPS) is 15.9. The summed E-state index contributed by atoms with van der Waals surface area (Å²) in [5.74, 6) is 5.66. The van der Waals surface area contributed by atoms with Gasteiger partial charge >= 0.3 is 0 Å². The second-order valence-corrected chi connectivity index (χ2v) is 4.08. The van der Waals surface area contributed by atoms with Crippen molar-refractivity contribution in [3.63, 3.8) is 0 Å². The van der Waals surface area contributed by atoms with Gasteiger partial charge in [0.05, 0.1) is 6.61 Å². The third kappa shape index (κ3) is 2.72. The Labute approximate surface area is 94.9 Å². The predicted octanol–water partition coefficient (Wildman–Crippen LogP) is 0.805. The van der Waals surface area contributed by atoms with E-state index in [2.05, 4.69) is 17.0 Å². The highest BCUT2D eigenvalue weighted by atomic mass is 16.6. The molecule has 2 rings (SSSR count). The summed E-state index contributed by atoms with van der Waals surface area (Å²) in [7, 11) is 0. The second-order valence-electron chi connectivity index (χ2n) is 4.08. The van der Waals surface area contributed by atoms with E-state index in [-0.39, 0.29) is 13.2 Å². The molecule has 0 spiro atoms. The van der Waals surface area contributed by atoms with Crippen LogP contribution in [0.5, 0.6) is 5.75 Å². The molecule has 1 unspecified atom stereocenters. The van der Waals surface area contributed by atoms with Gasteiger partial charge in [0.1, 0.15) is 18.5 Å². The van der Waals surface area contributed by atoms with Crippen molar-refractivity contribution >= 4 is 0 Å². The quantitative estimate of drug-likeness (QED) is 0.725. The van der Waals surface area contributed by atoms with Crippen molar-refractivity contribution in [2.75, 3.05) is 13.2 Å². The summed E-state index contributed by atoms with van der Waals surface area (Å²) in [6, 6.07) is 6.10. The summed E-state index contributed by atoms with van der Waals surface area (Å²) in [4.78, 5) is 4.34. The molecule has 16 heavy (non-hydrogen) atoms. The number of fused-ring (bicyclic) bond motifs is 1. The highest BCUT2D eigenvalue weighted by Crippen LogP contribution is 2.25. The van der Waals surface area contributed by atoms with Crippen LogP contribution in [-0.2, 0) is 17.7 Å². The number of nitrogens with two attached hydrogens (primary N) is 1. The summed E-state index contributed by atoms with van der Waals surface area (Å²) >= 11 is 0. The third-order valence-corrected chi connectivity index (χ3v) is 2.80. The zero-order valence-corrected chi connectivity index (χ0v) is 9.19. The van der Waals surface area contributed by atoms with E-state index in [0.717, 1.165) is 12.2 Å². The molecule has 88 valence electrons. The first-order chi connectivity index (χ1) is 7.79. The fourth-order valence-electron chi connectivity index (χ4n) is 1.99. The van der Waals surface area contributed by atoms with Crippen LogP contribution in [0.4, 0.5) is 0 Å². The fourth-order valence-corrected chi connectivity index (χ4v) is 1.99. The van der Waals surface area contributed by atoms with E-state index in [1.54, 1.807) is 0 Å². The van der Waals surface area contributed by atoms with Crippen molar-refractivity contribution in [2.45, 2.75) is 25.4 Å². The van der Waals surface area contributed by atoms with Gasteiger partial charge in [-0.2, -0.15) is 0 Å². The Balaban J connectivity index is 1.90. The van der Waals surface area contributed by atoms with Gasteiger partial charge in [0.25, 0.3) is 0 Å². The van der Waals surface area contributed by atoms with E-state index in [0.29, 0.717) is 0 Å². The summed E-state index contributed by atoms with van der Waals surface area (Å²) in [5.41, 5.74) is 2.78. The molecule has 3 N–H and O–H groups in total. The molecule has 1 aliphatic carbocycles. The van der Waals surface area contributed by atoms with Crippen LogP contribution < -0.4 is 10.6 Å². The Morgan fingerprint density at radius 2 is 2.06 bits per heavy atom. The van der Waals surface area contributed by atoms with Crippen molar-refractivity contribution < 1.29 is 14.7 Å². The smallest absolute Gasteiger partial charge is 0.119 e. The number of hydrogen-bond acceptors (Lipinski definition) is 4. The SMILES string of the molecule is NOCC(O)COc1ccc2c(c1)CCC2. The molecule has 0 bridgehead atoms. The van der Waals surface area contributed by atoms with Crippen molar-refractivity contribution in [3.05, 3.63) is 29.3 Å². The molecule has 1 aromatic carbocycles. The Kier molecular flexibility index (Phi) is 3.77. The number of aliphatic hydroxyl groups is 1. The van der Waals surface area contributed by atoms with Crippen LogP contribution in [0.15, 0.2) is 18.2 Å². The largest absolute Gasteiger partial charge is 0.491 e. The minimum atomic E-state index is -0.682. The van der Waals surface area contributed by atoms with Crippen LogP contribution >= 0.6 is 0 Å². The number of ether oxygens (including phenoxy) is 1. The fraction of sp³-hybridized carbons (Fsp3) is 0.500. The molecule has 1 atom stereocenters. The van der Waals surface area contributed by atoms with E-state index in [9.17, 15) is 5.11 Å². The molecule has 0 radical (unpaired) electrons. The molecule has 4 heteroatoms. The molecule has 0 aliphatic heterocycles. The van der Waals surface area contributed by atoms with Gasteiger partial charge in [0.15, 0.2) is 0 Å².